The molecule has 0 saturated heterocycles. The Balaban J connectivity index is 2.63. The van der Waals surface area contributed by atoms with Crippen molar-refractivity contribution < 1.29 is 4.43 Å². The van der Waals surface area contributed by atoms with Gasteiger partial charge in [-0.05, 0) is 42.5 Å². The Morgan fingerprint density at radius 2 is 2.06 bits per heavy atom. The molecule has 88 valence electrons. The molecular weight excluding hydrogens is 236 g/mol. The van der Waals surface area contributed by atoms with Crippen LogP contribution in [0.3, 0.4) is 0 Å². The zero-order valence-corrected chi connectivity index (χ0v) is 11.8. The topological polar surface area (TPSA) is 9.23 Å². The van der Waals surface area contributed by atoms with E-state index in [1.54, 1.807) is 0 Å². The van der Waals surface area contributed by atoms with Crippen LogP contribution in [0.15, 0.2) is 18.2 Å². The number of halogens is 1. The molecule has 16 heavy (non-hydrogen) atoms. The van der Waals surface area contributed by atoms with Gasteiger partial charge in [0.1, 0.15) is 5.75 Å². The Morgan fingerprint density at radius 3 is 2.69 bits per heavy atom. The van der Waals surface area contributed by atoms with E-state index < -0.39 is 0 Å². The summed E-state index contributed by atoms with van der Waals surface area (Å²) in [5.74, 6) is 1.79. The van der Waals surface area contributed by atoms with Crippen LogP contribution in [0.25, 0.3) is 0 Å². The number of hydrogen-bond acceptors (Lipinski definition) is 1. The van der Waals surface area contributed by atoms with Crippen LogP contribution in [-0.2, 0) is 12.8 Å². The third-order valence-corrected chi connectivity index (χ3v) is 3.75. The summed E-state index contributed by atoms with van der Waals surface area (Å²) in [4.78, 5) is 0. The van der Waals surface area contributed by atoms with Crippen LogP contribution >= 0.6 is 11.6 Å². The molecule has 0 saturated carbocycles. The largest absolute Gasteiger partial charge is 0.541 e. The highest BCUT2D eigenvalue weighted by atomic mass is 35.5. The van der Waals surface area contributed by atoms with Crippen molar-refractivity contribution in [3.8, 4) is 5.75 Å². The highest BCUT2D eigenvalue weighted by Gasteiger charge is 2.06. The van der Waals surface area contributed by atoms with Crippen molar-refractivity contribution in [3.63, 3.8) is 0 Å². The minimum absolute atomic E-state index is 0.529. The smallest absolute Gasteiger partial charge is 0.310 e. The number of aryl methyl sites for hydroxylation is 1. The van der Waals surface area contributed by atoms with Crippen LogP contribution < -0.4 is 4.43 Å². The number of alkyl halides is 1. The van der Waals surface area contributed by atoms with Gasteiger partial charge in [-0.1, -0.05) is 26.0 Å². The minimum Gasteiger partial charge on any atom is -0.541 e. The van der Waals surface area contributed by atoms with Crippen LogP contribution in [0.1, 0.15) is 31.4 Å². The molecule has 0 aliphatic carbocycles. The second kappa shape index (κ2) is 7.74. The fraction of sp³-hybridized carbons (Fsp3) is 0.538. The van der Waals surface area contributed by atoms with Crippen LogP contribution in [0, 0.1) is 0 Å². The molecule has 0 unspecified atom stereocenters. The molecular formula is C13H19ClOSi. The molecule has 0 amide bonds. The molecule has 3 heteroatoms. The van der Waals surface area contributed by atoms with Crippen molar-refractivity contribution >= 4 is 21.4 Å². The van der Waals surface area contributed by atoms with Crippen molar-refractivity contribution in [2.45, 2.75) is 39.2 Å². The lowest BCUT2D eigenvalue weighted by atomic mass is 10.0. The molecule has 1 nitrogen and oxygen atoms in total. The molecule has 0 N–H and O–H groups in total. The van der Waals surface area contributed by atoms with Crippen molar-refractivity contribution in [1.82, 2.24) is 0 Å². The van der Waals surface area contributed by atoms with E-state index in [-0.39, 0.29) is 0 Å². The van der Waals surface area contributed by atoms with E-state index >= 15 is 0 Å². The van der Waals surface area contributed by atoms with Crippen LogP contribution in [0.5, 0.6) is 5.75 Å². The standard InChI is InChI=1S/C13H19ClOSi/c1-3-11-7-5-8-13(12(11)4-2)15-16-10-6-9-14/h5,7-8H,3-4,6,9-10H2,1-2H3. The lowest BCUT2D eigenvalue weighted by molar-refractivity contribution is 0.580. The molecule has 0 fully saturated rings. The van der Waals surface area contributed by atoms with Crippen molar-refractivity contribution in [2.24, 2.45) is 0 Å². The minimum atomic E-state index is 0.529. The molecule has 2 radical (unpaired) electrons. The Hall–Kier alpha value is -0.473. The molecule has 0 bridgehead atoms. The summed E-state index contributed by atoms with van der Waals surface area (Å²) in [6.45, 7) is 4.37. The summed E-state index contributed by atoms with van der Waals surface area (Å²) in [6, 6.07) is 7.40. The SMILES string of the molecule is CCc1cccc(O[Si]CCCCl)c1CC. The molecule has 1 rings (SSSR count). The maximum absolute atomic E-state index is 5.84. The van der Waals surface area contributed by atoms with Gasteiger partial charge in [-0.15, -0.1) is 11.6 Å². The summed E-state index contributed by atoms with van der Waals surface area (Å²) in [6.07, 6.45) is 3.15. The lowest BCUT2D eigenvalue weighted by Crippen LogP contribution is -2.05. The van der Waals surface area contributed by atoms with Gasteiger partial charge in [-0.3, -0.25) is 0 Å². The van der Waals surface area contributed by atoms with E-state index in [2.05, 4.69) is 32.0 Å². The van der Waals surface area contributed by atoms with E-state index in [1.807, 2.05) is 0 Å². The Morgan fingerprint density at radius 1 is 1.25 bits per heavy atom. The van der Waals surface area contributed by atoms with Crippen molar-refractivity contribution in [2.75, 3.05) is 5.88 Å². The zero-order valence-electron chi connectivity index (χ0n) is 10.1. The highest BCUT2D eigenvalue weighted by Crippen LogP contribution is 2.23. The Kier molecular flexibility index (Phi) is 6.58. The average Bonchev–Trinajstić information content (AvgIpc) is 2.34. The fourth-order valence-corrected chi connectivity index (χ4v) is 2.83. The first-order chi connectivity index (χ1) is 7.83. The molecule has 0 aliphatic heterocycles. The third-order valence-electron chi connectivity index (χ3n) is 2.56. The Bertz CT molecular complexity index is 315. The van der Waals surface area contributed by atoms with Gasteiger partial charge in [-0.25, -0.2) is 0 Å². The van der Waals surface area contributed by atoms with E-state index in [0.717, 1.165) is 36.9 Å². The van der Waals surface area contributed by atoms with E-state index in [0.29, 0.717) is 9.76 Å². The first-order valence-electron chi connectivity index (χ1n) is 5.89. The van der Waals surface area contributed by atoms with Gasteiger partial charge in [0.2, 0.25) is 0 Å². The molecule has 1 aromatic rings. The first-order valence-corrected chi connectivity index (χ1v) is 7.54. The van der Waals surface area contributed by atoms with E-state index in [4.69, 9.17) is 16.0 Å². The molecule has 0 aliphatic rings. The van der Waals surface area contributed by atoms with Gasteiger partial charge in [-0.2, -0.15) is 0 Å². The van der Waals surface area contributed by atoms with Crippen LogP contribution in [0.4, 0.5) is 0 Å². The fourth-order valence-electron chi connectivity index (χ4n) is 1.71. The zero-order chi connectivity index (χ0) is 11.8. The molecule has 0 heterocycles. The molecule has 0 atom stereocenters. The molecule has 1 aromatic carbocycles. The normalized spacial score (nSPS) is 10.4. The molecule has 0 spiro atoms. The summed E-state index contributed by atoms with van der Waals surface area (Å²) in [7, 11) is 0.529. The monoisotopic (exact) mass is 254 g/mol. The molecule has 0 aromatic heterocycles. The summed E-state index contributed by atoms with van der Waals surface area (Å²) >= 11 is 5.64. The van der Waals surface area contributed by atoms with Crippen LogP contribution in [0.2, 0.25) is 6.04 Å². The van der Waals surface area contributed by atoms with Crippen LogP contribution in [-0.4, -0.2) is 15.6 Å². The number of benzene rings is 1. The van der Waals surface area contributed by atoms with Gasteiger partial charge in [0, 0.05) is 5.88 Å². The average molecular weight is 255 g/mol. The second-order valence-electron chi connectivity index (χ2n) is 3.64. The lowest BCUT2D eigenvalue weighted by Gasteiger charge is -2.13. The second-order valence-corrected chi connectivity index (χ2v) is 5.01. The van der Waals surface area contributed by atoms with Gasteiger partial charge >= 0.3 is 9.76 Å². The predicted molar refractivity (Wildman–Crippen MR) is 71.7 cm³/mol. The number of rotatable bonds is 7. The van der Waals surface area contributed by atoms with E-state index in [1.165, 1.54) is 11.1 Å². The third kappa shape index (κ3) is 3.83. The highest BCUT2D eigenvalue weighted by molar-refractivity contribution is 6.28. The summed E-state index contributed by atoms with van der Waals surface area (Å²) < 4.78 is 5.84. The van der Waals surface area contributed by atoms with Crippen molar-refractivity contribution in [1.29, 1.82) is 0 Å². The van der Waals surface area contributed by atoms with Gasteiger partial charge < -0.3 is 4.43 Å². The van der Waals surface area contributed by atoms with Gasteiger partial charge in [0.25, 0.3) is 0 Å². The first kappa shape index (κ1) is 13.6. The maximum atomic E-state index is 5.84. The van der Waals surface area contributed by atoms with Gasteiger partial charge in [0.15, 0.2) is 0 Å². The maximum Gasteiger partial charge on any atom is 0.310 e. The summed E-state index contributed by atoms with van der Waals surface area (Å²) in [5, 5.41) is 0. The van der Waals surface area contributed by atoms with Crippen molar-refractivity contribution in [3.05, 3.63) is 29.3 Å². The predicted octanol–water partition coefficient (Wildman–Crippen LogP) is 3.86. The summed E-state index contributed by atoms with van der Waals surface area (Å²) in [5.41, 5.74) is 2.77. The number of hydrogen-bond donors (Lipinski definition) is 0. The quantitative estimate of drug-likeness (QED) is 0.408. The van der Waals surface area contributed by atoms with E-state index in [9.17, 15) is 0 Å². The van der Waals surface area contributed by atoms with Gasteiger partial charge in [0.05, 0.1) is 0 Å². The Labute approximate surface area is 106 Å².